The number of carbonyl (C=O) groups is 1. The Balaban J connectivity index is 1.49. The molecule has 0 aliphatic carbocycles. The van der Waals surface area contributed by atoms with Crippen molar-refractivity contribution in [3.8, 4) is 11.5 Å². The lowest BCUT2D eigenvalue weighted by atomic mass is 10.1. The number of hydrogen-bond acceptors (Lipinski definition) is 5. The first kappa shape index (κ1) is 20.6. The zero-order valence-corrected chi connectivity index (χ0v) is 17.0. The van der Waals surface area contributed by atoms with Gasteiger partial charge in [-0.1, -0.05) is 29.8 Å². The highest BCUT2D eigenvalue weighted by molar-refractivity contribution is 6.30. The van der Waals surface area contributed by atoms with Crippen molar-refractivity contribution in [3.63, 3.8) is 0 Å². The number of carbonyl (C=O) groups excluding carboxylic acids is 1. The molecule has 31 heavy (non-hydrogen) atoms. The summed E-state index contributed by atoms with van der Waals surface area (Å²) in [5, 5.41) is 0.480. The van der Waals surface area contributed by atoms with E-state index in [0.29, 0.717) is 35.1 Å². The van der Waals surface area contributed by atoms with Crippen LogP contribution in [0, 0.1) is 5.82 Å². The lowest BCUT2D eigenvalue weighted by Crippen LogP contribution is -2.09. The van der Waals surface area contributed by atoms with Crippen LogP contribution in [0.5, 0.6) is 11.5 Å². The van der Waals surface area contributed by atoms with Crippen molar-refractivity contribution >= 4 is 29.5 Å². The Kier molecular flexibility index (Phi) is 6.29. The monoisotopic (exact) mass is 437 g/mol. The second-order valence-corrected chi connectivity index (χ2v) is 6.97. The summed E-state index contributed by atoms with van der Waals surface area (Å²) in [4.78, 5) is 16.5. The third-order valence-electron chi connectivity index (χ3n) is 4.33. The molecule has 0 spiro atoms. The largest absolute Gasteiger partial charge is 0.490 e. The molecule has 0 atom stereocenters. The number of benzene rings is 3. The van der Waals surface area contributed by atoms with Crippen LogP contribution in [-0.4, -0.2) is 25.1 Å². The molecule has 156 valence electrons. The molecule has 0 radical (unpaired) electrons. The molecule has 0 fully saturated rings. The molecular formula is C24H17ClFNO4. The van der Waals surface area contributed by atoms with Gasteiger partial charge in [-0.05, 0) is 60.7 Å². The van der Waals surface area contributed by atoms with Gasteiger partial charge in [0, 0.05) is 16.1 Å². The molecule has 0 unspecified atom stereocenters. The Hall–Kier alpha value is -3.64. The number of halogens is 2. The van der Waals surface area contributed by atoms with E-state index in [1.54, 1.807) is 18.2 Å². The van der Waals surface area contributed by atoms with Crippen LogP contribution < -0.4 is 9.47 Å². The highest BCUT2D eigenvalue weighted by Crippen LogP contribution is 2.27. The van der Waals surface area contributed by atoms with Crippen molar-refractivity contribution in [1.82, 2.24) is 0 Å². The lowest BCUT2D eigenvalue weighted by molar-refractivity contribution is -0.129. The van der Waals surface area contributed by atoms with E-state index in [2.05, 4.69) is 4.99 Å². The number of ether oxygens (including phenoxy) is 3. The average Bonchev–Trinajstić information content (AvgIpc) is 3.14. The van der Waals surface area contributed by atoms with E-state index in [9.17, 15) is 9.18 Å². The summed E-state index contributed by atoms with van der Waals surface area (Å²) in [6, 6.07) is 20.0. The van der Waals surface area contributed by atoms with Gasteiger partial charge in [0.1, 0.15) is 30.5 Å². The fourth-order valence-electron chi connectivity index (χ4n) is 2.86. The first-order valence-corrected chi connectivity index (χ1v) is 9.85. The molecule has 1 aliphatic rings. The molecule has 4 rings (SSSR count). The zero-order chi connectivity index (χ0) is 21.6. The van der Waals surface area contributed by atoms with Gasteiger partial charge in [-0.15, -0.1) is 0 Å². The second kappa shape index (κ2) is 9.45. The maximum Gasteiger partial charge on any atom is 0.363 e. The molecule has 0 amide bonds. The quantitative estimate of drug-likeness (QED) is 0.286. The molecule has 0 saturated heterocycles. The van der Waals surface area contributed by atoms with E-state index < -0.39 is 5.97 Å². The van der Waals surface area contributed by atoms with E-state index in [0.717, 1.165) is 5.75 Å². The highest BCUT2D eigenvalue weighted by atomic mass is 35.5. The van der Waals surface area contributed by atoms with Crippen molar-refractivity contribution in [3.05, 3.63) is 100 Å². The highest BCUT2D eigenvalue weighted by Gasteiger charge is 2.24. The Morgan fingerprint density at radius 1 is 0.968 bits per heavy atom. The van der Waals surface area contributed by atoms with Gasteiger partial charge in [-0.25, -0.2) is 14.2 Å². The molecule has 0 aromatic heterocycles. The summed E-state index contributed by atoms with van der Waals surface area (Å²) >= 11 is 6.12. The van der Waals surface area contributed by atoms with E-state index in [4.69, 9.17) is 25.8 Å². The molecule has 3 aromatic carbocycles. The SMILES string of the molecule is O=C1OC(c2ccc(F)cc2)=N/C1=C/c1cc(Cl)ccc1OCCOc1ccccc1. The number of para-hydroxylation sites is 1. The molecule has 1 aliphatic heterocycles. The average molecular weight is 438 g/mol. The van der Waals surface area contributed by atoms with Crippen molar-refractivity contribution in [1.29, 1.82) is 0 Å². The third-order valence-corrected chi connectivity index (χ3v) is 4.56. The van der Waals surface area contributed by atoms with Gasteiger partial charge in [0.15, 0.2) is 5.70 Å². The van der Waals surface area contributed by atoms with Crippen molar-refractivity contribution in [2.75, 3.05) is 13.2 Å². The van der Waals surface area contributed by atoms with Crippen LogP contribution in [0.15, 0.2) is 83.5 Å². The minimum atomic E-state index is -0.613. The summed E-state index contributed by atoms with van der Waals surface area (Å²) in [6.07, 6.45) is 1.54. The second-order valence-electron chi connectivity index (χ2n) is 6.54. The fraction of sp³-hybridized carbons (Fsp3) is 0.0833. The summed E-state index contributed by atoms with van der Waals surface area (Å²) in [6.45, 7) is 0.638. The first-order chi connectivity index (χ1) is 15.1. The number of aliphatic imine (C=N–C) groups is 1. The van der Waals surface area contributed by atoms with Gasteiger partial charge >= 0.3 is 5.97 Å². The predicted octanol–water partition coefficient (Wildman–Crippen LogP) is 5.28. The van der Waals surface area contributed by atoms with Gasteiger partial charge in [0.2, 0.25) is 5.90 Å². The van der Waals surface area contributed by atoms with E-state index >= 15 is 0 Å². The Morgan fingerprint density at radius 2 is 1.71 bits per heavy atom. The summed E-state index contributed by atoms with van der Waals surface area (Å²) in [5.74, 6) is 0.378. The van der Waals surface area contributed by atoms with E-state index in [1.807, 2.05) is 30.3 Å². The lowest BCUT2D eigenvalue weighted by Gasteiger charge is -2.11. The first-order valence-electron chi connectivity index (χ1n) is 9.47. The van der Waals surface area contributed by atoms with Gasteiger partial charge in [-0.3, -0.25) is 0 Å². The zero-order valence-electron chi connectivity index (χ0n) is 16.3. The number of hydrogen-bond donors (Lipinski definition) is 0. The molecule has 7 heteroatoms. The van der Waals surface area contributed by atoms with Crippen LogP contribution in [0.4, 0.5) is 4.39 Å². The topological polar surface area (TPSA) is 57.1 Å². The summed E-state index contributed by atoms with van der Waals surface area (Å²) < 4.78 is 29.8. The minimum Gasteiger partial charge on any atom is -0.490 e. The fourth-order valence-corrected chi connectivity index (χ4v) is 3.04. The van der Waals surface area contributed by atoms with Crippen LogP contribution in [0.2, 0.25) is 5.02 Å². The van der Waals surface area contributed by atoms with Crippen LogP contribution in [-0.2, 0) is 9.53 Å². The number of nitrogens with zero attached hydrogens (tertiary/aromatic N) is 1. The Bertz CT molecular complexity index is 1140. The molecular weight excluding hydrogens is 421 g/mol. The molecule has 5 nitrogen and oxygen atoms in total. The van der Waals surface area contributed by atoms with Crippen LogP contribution >= 0.6 is 11.6 Å². The van der Waals surface area contributed by atoms with Crippen molar-refractivity contribution in [2.45, 2.75) is 0 Å². The maximum absolute atomic E-state index is 13.1. The van der Waals surface area contributed by atoms with Crippen molar-refractivity contribution < 1.29 is 23.4 Å². The number of esters is 1. The molecule has 0 N–H and O–H groups in total. The normalized spacial score (nSPS) is 14.3. The maximum atomic E-state index is 13.1. The van der Waals surface area contributed by atoms with Gasteiger partial charge < -0.3 is 14.2 Å². The number of rotatable bonds is 7. The van der Waals surface area contributed by atoms with Crippen molar-refractivity contribution in [2.24, 2.45) is 4.99 Å². The van der Waals surface area contributed by atoms with Crippen LogP contribution in [0.25, 0.3) is 6.08 Å². The van der Waals surface area contributed by atoms with Gasteiger partial charge in [0.05, 0.1) is 0 Å². The summed E-state index contributed by atoms with van der Waals surface area (Å²) in [5.41, 5.74) is 1.16. The van der Waals surface area contributed by atoms with Crippen LogP contribution in [0.1, 0.15) is 11.1 Å². The Morgan fingerprint density at radius 3 is 2.48 bits per heavy atom. The summed E-state index contributed by atoms with van der Waals surface area (Å²) in [7, 11) is 0. The third kappa shape index (κ3) is 5.29. The molecule has 0 saturated carbocycles. The number of cyclic esters (lactones) is 1. The van der Waals surface area contributed by atoms with Gasteiger partial charge in [-0.2, -0.15) is 0 Å². The van der Waals surface area contributed by atoms with E-state index in [1.165, 1.54) is 30.3 Å². The minimum absolute atomic E-state index is 0.0898. The van der Waals surface area contributed by atoms with Crippen LogP contribution in [0.3, 0.4) is 0 Å². The predicted molar refractivity (Wildman–Crippen MR) is 116 cm³/mol. The van der Waals surface area contributed by atoms with Gasteiger partial charge in [0.25, 0.3) is 0 Å². The molecule has 3 aromatic rings. The molecule has 0 bridgehead atoms. The Labute approximate surface area is 183 Å². The van der Waals surface area contributed by atoms with E-state index in [-0.39, 0.29) is 17.4 Å². The molecule has 1 heterocycles. The smallest absolute Gasteiger partial charge is 0.363 e. The standard InChI is InChI=1S/C24H17ClFNO4/c25-18-8-11-22(30-13-12-29-20-4-2-1-3-5-20)17(14-18)15-21-24(28)31-23(27-21)16-6-9-19(26)10-7-16/h1-11,14-15H,12-13H2/b21-15+.